The Kier molecular flexibility index (Phi) is 13.0. The minimum atomic E-state index is -1.17. The van der Waals surface area contributed by atoms with Crippen LogP contribution in [0.4, 0.5) is 11.4 Å². The number of aromatic nitrogens is 4. The Morgan fingerprint density at radius 2 is 1.32 bits per heavy atom. The Labute approximate surface area is 351 Å². The molecule has 0 spiro atoms. The van der Waals surface area contributed by atoms with Crippen molar-refractivity contribution in [3.05, 3.63) is 190 Å². The van der Waals surface area contributed by atoms with E-state index in [1.807, 2.05) is 126 Å². The fourth-order valence-corrected chi connectivity index (χ4v) is 7.45. The molecule has 1 atom stereocenters. The Bertz CT molecular complexity index is 2770. The van der Waals surface area contributed by atoms with Gasteiger partial charge in [-0.05, 0) is 82.9 Å². The van der Waals surface area contributed by atoms with Crippen molar-refractivity contribution in [3.63, 3.8) is 0 Å². The van der Waals surface area contributed by atoms with Gasteiger partial charge in [0, 0.05) is 48.0 Å². The van der Waals surface area contributed by atoms with Gasteiger partial charge in [0.05, 0.1) is 22.4 Å². The molecule has 9 nitrogen and oxygen atoms in total. The molecule has 0 radical (unpaired) electrons. The van der Waals surface area contributed by atoms with E-state index < -0.39 is 14.2 Å². The molecule has 0 aliphatic carbocycles. The van der Waals surface area contributed by atoms with Crippen LogP contribution >= 0.6 is 0 Å². The van der Waals surface area contributed by atoms with Crippen LogP contribution in [0.2, 0.25) is 25.7 Å². The number of fused-ring (bicyclic) bond motifs is 2. The van der Waals surface area contributed by atoms with Crippen LogP contribution in [0.3, 0.4) is 0 Å². The lowest BCUT2D eigenvalue weighted by molar-refractivity contribution is 0.0816. The van der Waals surface area contributed by atoms with Gasteiger partial charge in [0.25, 0.3) is 0 Å². The van der Waals surface area contributed by atoms with Crippen LogP contribution in [0.1, 0.15) is 55.7 Å². The van der Waals surface area contributed by atoms with Crippen LogP contribution < -0.4 is 11.5 Å². The first-order valence-electron chi connectivity index (χ1n) is 20.0. The van der Waals surface area contributed by atoms with Gasteiger partial charge in [0.1, 0.15) is 12.8 Å². The van der Waals surface area contributed by atoms with E-state index in [0.29, 0.717) is 29.2 Å². The predicted molar refractivity (Wildman–Crippen MR) is 250 cm³/mol. The minimum Gasteiger partial charge on any atom is -0.399 e. The monoisotopic (exact) mass is 810 g/mol. The van der Waals surface area contributed by atoms with Gasteiger partial charge in [-0.1, -0.05) is 135 Å². The van der Waals surface area contributed by atoms with Crippen LogP contribution in [0.5, 0.6) is 0 Å². The average Bonchev–Trinajstić information content (AvgIpc) is 3.83. The van der Waals surface area contributed by atoms with Gasteiger partial charge in [-0.2, -0.15) is 10.2 Å². The summed E-state index contributed by atoms with van der Waals surface area (Å²) in [6, 6.07) is 47.2. The molecule has 8 rings (SSSR count). The third-order valence-corrected chi connectivity index (χ3v) is 11.7. The first-order chi connectivity index (χ1) is 29.0. The number of benzene rings is 6. The lowest BCUT2D eigenvalue weighted by Crippen LogP contribution is -2.22. The number of hydrogen-bond donors (Lipinski definition) is 4. The quantitative estimate of drug-likeness (QED) is 0.0393. The van der Waals surface area contributed by atoms with Gasteiger partial charge in [-0.15, -0.1) is 0 Å². The number of nitrogen functional groups attached to an aromatic ring is 2. The minimum absolute atomic E-state index is 0.0600. The number of nitrogens with zero attached hydrogens (tertiary/aromatic N) is 3. The molecular formula is C50H50N6O3Si. The van der Waals surface area contributed by atoms with Crippen molar-refractivity contribution < 1.29 is 14.6 Å². The second-order valence-electron chi connectivity index (χ2n) is 15.9. The molecule has 2 heterocycles. The number of hydrogen-bond acceptors (Lipinski definition) is 7. The van der Waals surface area contributed by atoms with E-state index in [4.69, 9.17) is 21.3 Å². The number of ketones is 1. The molecule has 0 bridgehead atoms. The molecule has 60 heavy (non-hydrogen) atoms. The number of aliphatic hydroxyl groups is 1. The van der Waals surface area contributed by atoms with E-state index in [1.54, 1.807) is 30.3 Å². The van der Waals surface area contributed by atoms with E-state index in [1.165, 1.54) is 0 Å². The summed E-state index contributed by atoms with van der Waals surface area (Å²) in [4.78, 5) is 12.7. The predicted octanol–water partition coefficient (Wildman–Crippen LogP) is 10.7. The molecule has 1 unspecified atom stereocenters. The molecule has 0 amide bonds. The number of carbonyl (C=O) groups is 1. The SMILES string of the molecule is C[Si](C)(C)CCOCn1nc(/C=C/c2ccccc2)c2ccc(C(O)c3cccc(N)c3)cc21.Nc1cccc(C(=O)c2ccc3c(/C=C/c4ccccc4)n[nH]c3c2)c1. The molecule has 8 aromatic rings. The number of anilines is 2. The van der Waals surface area contributed by atoms with Crippen LogP contribution in [0.25, 0.3) is 46.1 Å². The maximum Gasteiger partial charge on any atom is 0.193 e. The van der Waals surface area contributed by atoms with Gasteiger partial charge < -0.3 is 21.3 Å². The second kappa shape index (κ2) is 18.8. The first kappa shape index (κ1) is 41.3. The first-order valence-corrected chi connectivity index (χ1v) is 23.7. The topological polar surface area (TPSA) is 145 Å². The maximum atomic E-state index is 12.7. The summed E-state index contributed by atoms with van der Waals surface area (Å²) >= 11 is 0. The van der Waals surface area contributed by atoms with Crippen LogP contribution in [-0.2, 0) is 11.5 Å². The van der Waals surface area contributed by atoms with E-state index in [9.17, 15) is 9.90 Å². The standard InChI is InChI=1S/C28H33N3O2Si.C22H17N3O/c1-34(2,3)17-16-33-20-31-27-19-23(28(32)22-10-7-11-24(29)18-22)13-14-25(27)26(30-31)15-12-21-8-5-4-6-9-21;23-18-8-4-7-16(13-18)22(26)17-10-11-19-20(24-25-21(19)14-17)12-9-15-5-2-1-3-6-15/h4-15,18-19,28,32H,16-17,20,29H2,1-3H3;1-14H,23H2,(H,24,25)/b15-12+;12-9+. The largest absolute Gasteiger partial charge is 0.399 e. The van der Waals surface area contributed by atoms with Crippen molar-refractivity contribution in [2.75, 3.05) is 18.1 Å². The molecule has 2 aromatic heterocycles. The number of rotatable bonds is 13. The van der Waals surface area contributed by atoms with Crippen LogP contribution in [-0.4, -0.2) is 45.5 Å². The van der Waals surface area contributed by atoms with Crippen molar-refractivity contribution in [1.82, 2.24) is 20.0 Å². The highest BCUT2D eigenvalue weighted by atomic mass is 28.3. The molecule has 0 saturated carbocycles. The summed E-state index contributed by atoms with van der Waals surface area (Å²) in [5.74, 6) is -0.0600. The highest BCUT2D eigenvalue weighted by molar-refractivity contribution is 6.76. The normalized spacial score (nSPS) is 12.3. The van der Waals surface area contributed by atoms with Gasteiger partial charge in [-0.3, -0.25) is 9.89 Å². The Morgan fingerprint density at radius 1 is 0.700 bits per heavy atom. The lowest BCUT2D eigenvalue weighted by Gasteiger charge is -2.15. The van der Waals surface area contributed by atoms with Gasteiger partial charge >= 0.3 is 0 Å². The van der Waals surface area contributed by atoms with Crippen LogP contribution in [0, 0.1) is 0 Å². The number of H-pyrrole nitrogens is 1. The molecule has 0 aliphatic rings. The molecule has 10 heteroatoms. The van der Waals surface area contributed by atoms with Crippen molar-refractivity contribution >= 4 is 71.3 Å². The van der Waals surface area contributed by atoms with E-state index >= 15 is 0 Å². The van der Waals surface area contributed by atoms with Gasteiger partial charge in [0.2, 0.25) is 0 Å². The molecule has 0 aliphatic heterocycles. The zero-order valence-corrected chi connectivity index (χ0v) is 35.1. The summed E-state index contributed by atoms with van der Waals surface area (Å²) in [7, 11) is -1.17. The maximum absolute atomic E-state index is 12.7. The van der Waals surface area contributed by atoms with E-state index in [-0.39, 0.29) is 5.78 Å². The van der Waals surface area contributed by atoms with Crippen LogP contribution in [0.15, 0.2) is 146 Å². The number of ether oxygens (including phenoxy) is 1. The number of nitrogens with one attached hydrogen (secondary N) is 1. The highest BCUT2D eigenvalue weighted by Gasteiger charge is 2.17. The number of carbonyl (C=O) groups excluding carboxylic acids is 1. The summed E-state index contributed by atoms with van der Waals surface area (Å²) < 4.78 is 7.90. The highest BCUT2D eigenvalue weighted by Crippen LogP contribution is 2.29. The molecule has 6 N–H and O–H groups in total. The second-order valence-corrected chi connectivity index (χ2v) is 21.5. The lowest BCUT2D eigenvalue weighted by atomic mass is 9.99. The fraction of sp³-hybridized carbons (Fsp3) is 0.140. The molecule has 6 aromatic carbocycles. The summed E-state index contributed by atoms with van der Waals surface area (Å²) in [6.07, 6.45) is 7.31. The Balaban J connectivity index is 0.000000188. The van der Waals surface area contributed by atoms with E-state index in [0.717, 1.165) is 68.1 Å². The molecule has 0 saturated heterocycles. The Hall–Kier alpha value is -6.85. The summed E-state index contributed by atoms with van der Waals surface area (Å²) in [5.41, 5.74) is 21.3. The van der Waals surface area contributed by atoms with Gasteiger partial charge in [0.15, 0.2) is 5.78 Å². The zero-order valence-electron chi connectivity index (χ0n) is 34.1. The van der Waals surface area contributed by atoms with Crippen molar-refractivity contribution in [2.45, 2.75) is 38.5 Å². The number of nitrogens with two attached hydrogens (primary N) is 2. The zero-order chi connectivity index (χ0) is 42.1. The number of aromatic amines is 1. The van der Waals surface area contributed by atoms with E-state index in [2.05, 4.69) is 48.0 Å². The third-order valence-electron chi connectivity index (χ3n) is 10.0. The third kappa shape index (κ3) is 10.6. The van der Waals surface area contributed by atoms with Crippen molar-refractivity contribution in [3.8, 4) is 0 Å². The fourth-order valence-electron chi connectivity index (χ4n) is 6.69. The summed E-state index contributed by atoms with van der Waals surface area (Å²) in [6.45, 7) is 8.12. The number of aliphatic hydroxyl groups excluding tert-OH is 1. The van der Waals surface area contributed by atoms with Crippen molar-refractivity contribution in [2.24, 2.45) is 0 Å². The van der Waals surface area contributed by atoms with Gasteiger partial charge in [-0.25, -0.2) is 4.68 Å². The average molecular weight is 811 g/mol. The Morgan fingerprint density at radius 3 is 1.98 bits per heavy atom. The van der Waals surface area contributed by atoms with Crippen molar-refractivity contribution in [1.29, 1.82) is 0 Å². The molecule has 302 valence electrons. The smallest absolute Gasteiger partial charge is 0.193 e. The molecule has 0 fully saturated rings. The summed E-state index contributed by atoms with van der Waals surface area (Å²) in [5, 5.41) is 25.2. The molecular weight excluding hydrogens is 761 g/mol.